The van der Waals surface area contributed by atoms with Crippen LogP contribution in [0.2, 0.25) is 0 Å². The molecule has 0 atom stereocenters. The van der Waals surface area contributed by atoms with Gasteiger partial charge in [0.05, 0.1) is 18.2 Å². The molecule has 0 saturated heterocycles. The minimum Gasteiger partial charge on any atom is -0.495 e. The maximum atomic E-state index is 14.0. The van der Waals surface area contributed by atoms with Crippen molar-refractivity contribution >= 4 is 11.6 Å². The number of amides is 1. The van der Waals surface area contributed by atoms with E-state index in [9.17, 15) is 9.18 Å². The number of carbonyl (C=O) groups excluding carboxylic acids is 1. The van der Waals surface area contributed by atoms with Gasteiger partial charge < -0.3 is 10.1 Å². The Morgan fingerprint density at radius 2 is 1.81 bits per heavy atom. The van der Waals surface area contributed by atoms with Crippen LogP contribution in [0.3, 0.4) is 0 Å². The lowest BCUT2D eigenvalue weighted by Gasteiger charge is -2.17. The van der Waals surface area contributed by atoms with Crippen LogP contribution < -0.4 is 10.1 Å². The van der Waals surface area contributed by atoms with E-state index < -0.39 is 5.41 Å². The van der Waals surface area contributed by atoms with E-state index >= 15 is 0 Å². The fraction of sp³-hybridized carbons (Fsp3) is 0.235. The molecule has 0 aromatic heterocycles. The van der Waals surface area contributed by atoms with Crippen LogP contribution >= 0.6 is 0 Å². The second-order valence-electron chi connectivity index (χ2n) is 5.22. The van der Waals surface area contributed by atoms with Crippen molar-refractivity contribution in [3.8, 4) is 5.75 Å². The largest absolute Gasteiger partial charge is 0.495 e. The summed E-state index contributed by atoms with van der Waals surface area (Å²) in [4.78, 5) is 12.6. The highest BCUT2D eigenvalue weighted by molar-refractivity contribution is 6.02. The predicted molar refractivity (Wildman–Crippen MR) is 78.9 cm³/mol. The van der Waals surface area contributed by atoms with Gasteiger partial charge in [-0.25, -0.2) is 4.39 Å². The number of carbonyl (C=O) groups is 1. The van der Waals surface area contributed by atoms with Crippen LogP contribution in [-0.2, 0) is 10.2 Å². The van der Waals surface area contributed by atoms with Crippen LogP contribution in [0.5, 0.6) is 5.75 Å². The third-order valence-electron chi connectivity index (χ3n) is 3.93. The average molecular weight is 285 g/mol. The first kappa shape index (κ1) is 13.6. The molecule has 108 valence electrons. The molecule has 1 saturated carbocycles. The van der Waals surface area contributed by atoms with Gasteiger partial charge in [-0.1, -0.05) is 30.3 Å². The molecule has 0 heterocycles. The Labute approximate surface area is 122 Å². The smallest absolute Gasteiger partial charge is 0.235 e. The first-order valence-corrected chi connectivity index (χ1v) is 6.87. The molecule has 4 heteroatoms. The van der Waals surface area contributed by atoms with Gasteiger partial charge in [-0.2, -0.15) is 0 Å². The maximum Gasteiger partial charge on any atom is 0.235 e. The lowest BCUT2D eigenvalue weighted by Crippen LogP contribution is -2.28. The number of anilines is 1. The molecule has 1 amide bonds. The Balaban J connectivity index is 1.88. The minimum absolute atomic E-state index is 0.183. The molecule has 0 aliphatic heterocycles. The van der Waals surface area contributed by atoms with Crippen LogP contribution in [0, 0.1) is 5.82 Å². The third-order valence-corrected chi connectivity index (χ3v) is 3.93. The van der Waals surface area contributed by atoms with Gasteiger partial charge in [0.2, 0.25) is 5.91 Å². The van der Waals surface area contributed by atoms with Crippen LogP contribution in [0.1, 0.15) is 18.4 Å². The number of para-hydroxylation sites is 2. The highest BCUT2D eigenvalue weighted by Crippen LogP contribution is 2.50. The molecular formula is C17H16FNO2. The summed E-state index contributed by atoms with van der Waals surface area (Å²) < 4.78 is 19.2. The van der Waals surface area contributed by atoms with Gasteiger partial charge in [0.1, 0.15) is 11.6 Å². The van der Waals surface area contributed by atoms with Crippen molar-refractivity contribution in [2.24, 2.45) is 0 Å². The summed E-state index contributed by atoms with van der Waals surface area (Å²) in [6.07, 6.45) is 1.32. The molecule has 3 nitrogen and oxygen atoms in total. The highest BCUT2D eigenvalue weighted by Gasteiger charge is 2.52. The molecule has 2 aromatic rings. The summed E-state index contributed by atoms with van der Waals surface area (Å²) in [5, 5.41) is 2.86. The van der Waals surface area contributed by atoms with E-state index in [0.717, 1.165) is 0 Å². The minimum atomic E-state index is -0.744. The van der Waals surface area contributed by atoms with Crippen molar-refractivity contribution in [2.75, 3.05) is 12.4 Å². The van der Waals surface area contributed by atoms with Gasteiger partial charge in [-0.05, 0) is 31.0 Å². The van der Waals surface area contributed by atoms with E-state index in [1.165, 1.54) is 6.07 Å². The van der Waals surface area contributed by atoms with Crippen molar-refractivity contribution < 1.29 is 13.9 Å². The fourth-order valence-corrected chi connectivity index (χ4v) is 2.58. The van der Waals surface area contributed by atoms with Gasteiger partial charge in [0, 0.05) is 5.56 Å². The average Bonchev–Trinajstić information content (AvgIpc) is 3.30. The lowest BCUT2D eigenvalue weighted by atomic mass is 9.94. The standard InChI is InChI=1S/C17H16FNO2/c1-21-15-9-5-4-8-14(15)19-16(20)17(10-11-17)12-6-2-3-7-13(12)18/h2-9H,10-11H2,1H3,(H,19,20). The Hall–Kier alpha value is -2.36. The molecule has 1 fully saturated rings. The molecule has 0 radical (unpaired) electrons. The van der Waals surface area contributed by atoms with Gasteiger partial charge in [0.25, 0.3) is 0 Å². The van der Waals surface area contributed by atoms with Crippen LogP contribution in [0.15, 0.2) is 48.5 Å². The van der Waals surface area contributed by atoms with E-state index in [2.05, 4.69) is 5.32 Å². The fourth-order valence-electron chi connectivity index (χ4n) is 2.58. The second kappa shape index (κ2) is 5.20. The monoisotopic (exact) mass is 285 g/mol. The zero-order valence-corrected chi connectivity index (χ0v) is 11.7. The number of methoxy groups -OCH3 is 1. The number of ether oxygens (including phenoxy) is 1. The van der Waals surface area contributed by atoms with Crippen LogP contribution in [0.4, 0.5) is 10.1 Å². The second-order valence-corrected chi connectivity index (χ2v) is 5.22. The van der Waals surface area contributed by atoms with Gasteiger partial charge in [-0.3, -0.25) is 4.79 Å². The topological polar surface area (TPSA) is 38.3 Å². The summed E-state index contributed by atoms with van der Waals surface area (Å²) >= 11 is 0. The number of hydrogen-bond donors (Lipinski definition) is 1. The van der Waals surface area contributed by atoms with E-state index in [1.54, 1.807) is 37.4 Å². The van der Waals surface area contributed by atoms with Crippen molar-refractivity contribution in [1.82, 2.24) is 0 Å². The summed E-state index contributed by atoms with van der Waals surface area (Å²) in [5.74, 6) is 0.0810. The zero-order chi connectivity index (χ0) is 14.9. The molecule has 1 aliphatic carbocycles. The van der Waals surface area contributed by atoms with E-state index in [0.29, 0.717) is 29.8 Å². The number of benzene rings is 2. The number of hydrogen-bond acceptors (Lipinski definition) is 2. The SMILES string of the molecule is COc1ccccc1NC(=O)C1(c2ccccc2F)CC1. The van der Waals surface area contributed by atoms with Crippen LogP contribution in [-0.4, -0.2) is 13.0 Å². The Morgan fingerprint density at radius 1 is 1.14 bits per heavy atom. The summed E-state index contributed by atoms with van der Waals surface area (Å²) in [5.41, 5.74) is 0.330. The third kappa shape index (κ3) is 2.37. The predicted octanol–water partition coefficient (Wildman–Crippen LogP) is 3.50. The van der Waals surface area contributed by atoms with E-state index in [1.807, 2.05) is 12.1 Å². The van der Waals surface area contributed by atoms with Crippen molar-refractivity contribution in [1.29, 1.82) is 0 Å². The summed E-state index contributed by atoms with van der Waals surface area (Å²) in [6, 6.07) is 13.7. The number of halogens is 1. The molecule has 0 unspecified atom stereocenters. The first-order chi connectivity index (χ1) is 10.2. The van der Waals surface area contributed by atoms with Crippen molar-refractivity contribution in [3.63, 3.8) is 0 Å². The van der Waals surface area contributed by atoms with Crippen molar-refractivity contribution in [2.45, 2.75) is 18.3 Å². The number of rotatable bonds is 4. The van der Waals surface area contributed by atoms with Gasteiger partial charge in [-0.15, -0.1) is 0 Å². The Morgan fingerprint density at radius 3 is 2.48 bits per heavy atom. The molecule has 1 N–H and O–H groups in total. The van der Waals surface area contributed by atoms with Gasteiger partial charge >= 0.3 is 0 Å². The zero-order valence-electron chi connectivity index (χ0n) is 11.7. The highest BCUT2D eigenvalue weighted by atomic mass is 19.1. The molecule has 0 bridgehead atoms. The van der Waals surface area contributed by atoms with Crippen molar-refractivity contribution in [3.05, 3.63) is 59.9 Å². The molecule has 2 aromatic carbocycles. The maximum absolute atomic E-state index is 14.0. The molecule has 1 aliphatic rings. The molecule has 0 spiro atoms. The Bertz CT molecular complexity index is 680. The van der Waals surface area contributed by atoms with Gasteiger partial charge in [0.15, 0.2) is 0 Å². The quantitative estimate of drug-likeness (QED) is 0.933. The lowest BCUT2D eigenvalue weighted by molar-refractivity contribution is -0.118. The number of nitrogens with one attached hydrogen (secondary N) is 1. The molecule has 3 rings (SSSR count). The Kier molecular flexibility index (Phi) is 3.37. The first-order valence-electron chi connectivity index (χ1n) is 6.87. The molecule has 21 heavy (non-hydrogen) atoms. The normalized spacial score (nSPS) is 15.3. The summed E-state index contributed by atoms with van der Waals surface area (Å²) in [7, 11) is 1.55. The van der Waals surface area contributed by atoms with E-state index in [-0.39, 0.29) is 11.7 Å². The van der Waals surface area contributed by atoms with E-state index in [4.69, 9.17) is 4.74 Å². The molecular weight excluding hydrogens is 269 g/mol. The summed E-state index contributed by atoms with van der Waals surface area (Å²) in [6.45, 7) is 0. The van der Waals surface area contributed by atoms with Crippen LogP contribution in [0.25, 0.3) is 0 Å².